The fourth-order valence-corrected chi connectivity index (χ4v) is 1.88. The van der Waals surface area contributed by atoms with Crippen molar-refractivity contribution in [3.8, 4) is 11.6 Å². The van der Waals surface area contributed by atoms with Crippen molar-refractivity contribution in [1.82, 2.24) is 4.98 Å². The highest BCUT2D eigenvalue weighted by atomic mass is 79.9. The van der Waals surface area contributed by atoms with Gasteiger partial charge in [0.1, 0.15) is 17.4 Å². The molecule has 0 unspecified atom stereocenters. The number of halogens is 2. The number of nitro groups is 1. The molecule has 0 aliphatic rings. The number of ether oxygens (including phenoxy) is 1. The van der Waals surface area contributed by atoms with Crippen molar-refractivity contribution < 1.29 is 14.1 Å². The summed E-state index contributed by atoms with van der Waals surface area (Å²) in [6.07, 6.45) is 0. The molecule has 1 N–H and O–H groups in total. The summed E-state index contributed by atoms with van der Waals surface area (Å²) in [6, 6.07) is 6.32. The molecule has 0 radical (unpaired) electrons. The van der Waals surface area contributed by atoms with Crippen LogP contribution in [0.3, 0.4) is 0 Å². The van der Waals surface area contributed by atoms with Crippen LogP contribution < -0.4 is 10.1 Å². The molecule has 104 valence electrons. The average molecular weight is 342 g/mol. The van der Waals surface area contributed by atoms with Crippen LogP contribution in [0.25, 0.3) is 0 Å². The second-order valence-electron chi connectivity index (χ2n) is 3.73. The van der Waals surface area contributed by atoms with Crippen molar-refractivity contribution in [3.05, 3.63) is 50.7 Å². The first-order valence-corrected chi connectivity index (χ1v) is 6.26. The SMILES string of the molecule is CNc1cc([N+](=O)[O-])cc(Oc2ccc(F)cc2Br)n1. The van der Waals surface area contributed by atoms with E-state index in [-0.39, 0.29) is 11.6 Å². The van der Waals surface area contributed by atoms with Gasteiger partial charge < -0.3 is 10.1 Å². The van der Waals surface area contributed by atoms with E-state index in [1.807, 2.05) is 0 Å². The molecule has 8 heteroatoms. The van der Waals surface area contributed by atoms with Gasteiger partial charge in [0.2, 0.25) is 5.88 Å². The van der Waals surface area contributed by atoms with Gasteiger partial charge in [0.25, 0.3) is 5.69 Å². The monoisotopic (exact) mass is 341 g/mol. The summed E-state index contributed by atoms with van der Waals surface area (Å²) in [7, 11) is 1.59. The molecule has 1 aromatic heterocycles. The van der Waals surface area contributed by atoms with Gasteiger partial charge in [-0.3, -0.25) is 10.1 Å². The Morgan fingerprint density at radius 2 is 2.15 bits per heavy atom. The minimum atomic E-state index is -0.547. The van der Waals surface area contributed by atoms with Gasteiger partial charge in [0.05, 0.1) is 21.5 Å². The summed E-state index contributed by atoms with van der Waals surface area (Å²) in [4.78, 5) is 14.3. The van der Waals surface area contributed by atoms with E-state index >= 15 is 0 Å². The standard InChI is InChI=1S/C12H9BrFN3O3/c1-15-11-5-8(17(18)19)6-12(16-11)20-10-3-2-7(14)4-9(10)13/h2-6H,1H3,(H,15,16). The lowest BCUT2D eigenvalue weighted by atomic mass is 10.3. The molecule has 1 aromatic carbocycles. The Morgan fingerprint density at radius 3 is 2.75 bits per heavy atom. The number of anilines is 1. The van der Waals surface area contributed by atoms with Gasteiger partial charge in [-0.15, -0.1) is 0 Å². The maximum absolute atomic E-state index is 13.0. The zero-order valence-electron chi connectivity index (χ0n) is 10.3. The molecular formula is C12H9BrFN3O3. The van der Waals surface area contributed by atoms with Crippen LogP contribution in [0, 0.1) is 15.9 Å². The predicted molar refractivity (Wildman–Crippen MR) is 74.6 cm³/mol. The Hall–Kier alpha value is -2.22. The summed E-state index contributed by atoms with van der Waals surface area (Å²) < 4.78 is 18.8. The van der Waals surface area contributed by atoms with E-state index in [1.54, 1.807) is 7.05 Å². The minimum Gasteiger partial charge on any atom is -0.438 e. The van der Waals surface area contributed by atoms with E-state index < -0.39 is 10.7 Å². The topological polar surface area (TPSA) is 77.3 Å². The molecule has 0 spiro atoms. The number of pyridine rings is 1. The molecule has 1 heterocycles. The smallest absolute Gasteiger partial charge is 0.278 e. The third kappa shape index (κ3) is 3.21. The lowest BCUT2D eigenvalue weighted by molar-refractivity contribution is -0.384. The van der Waals surface area contributed by atoms with Crippen LogP contribution in [0.5, 0.6) is 11.6 Å². The second-order valence-corrected chi connectivity index (χ2v) is 4.59. The number of benzene rings is 1. The minimum absolute atomic E-state index is 0.0378. The highest BCUT2D eigenvalue weighted by Gasteiger charge is 2.13. The Labute approximate surface area is 121 Å². The van der Waals surface area contributed by atoms with E-state index in [0.29, 0.717) is 16.0 Å². The van der Waals surface area contributed by atoms with Gasteiger partial charge in [-0.25, -0.2) is 4.39 Å². The van der Waals surface area contributed by atoms with Gasteiger partial charge in [0.15, 0.2) is 0 Å². The van der Waals surface area contributed by atoms with E-state index in [2.05, 4.69) is 26.2 Å². The third-order valence-electron chi connectivity index (χ3n) is 2.36. The largest absolute Gasteiger partial charge is 0.438 e. The molecule has 0 aliphatic carbocycles. The van der Waals surface area contributed by atoms with Crippen LogP contribution >= 0.6 is 15.9 Å². The first kappa shape index (κ1) is 14.2. The van der Waals surface area contributed by atoms with E-state index in [1.165, 1.54) is 30.3 Å². The highest BCUT2D eigenvalue weighted by molar-refractivity contribution is 9.10. The van der Waals surface area contributed by atoms with Gasteiger partial charge in [-0.05, 0) is 34.1 Å². The van der Waals surface area contributed by atoms with Gasteiger partial charge in [-0.1, -0.05) is 0 Å². The zero-order valence-corrected chi connectivity index (χ0v) is 11.8. The van der Waals surface area contributed by atoms with Crippen molar-refractivity contribution >= 4 is 27.4 Å². The summed E-state index contributed by atoms with van der Waals surface area (Å²) in [5.74, 6) is 0.219. The van der Waals surface area contributed by atoms with Crippen LogP contribution in [-0.2, 0) is 0 Å². The number of hydrogen-bond donors (Lipinski definition) is 1. The van der Waals surface area contributed by atoms with Crippen LogP contribution in [0.2, 0.25) is 0 Å². The molecule has 0 atom stereocenters. The third-order valence-corrected chi connectivity index (χ3v) is 2.98. The first-order chi connectivity index (χ1) is 9.49. The van der Waals surface area contributed by atoms with E-state index in [9.17, 15) is 14.5 Å². The van der Waals surface area contributed by atoms with Crippen molar-refractivity contribution in [1.29, 1.82) is 0 Å². The Kier molecular flexibility index (Phi) is 4.14. The van der Waals surface area contributed by atoms with Crippen molar-refractivity contribution in [3.63, 3.8) is 0 Å². The Bertz CT molecular complexity index is 666. The van der Waals surface area contributed by atoms with Crippen molar-refractivity contribution in [2.45, 2.75) is 0 Å². The molecular weight excluding hydrogens is 333 g/mol. The quantitative estimate of drug-likeness (QED) is 0.677. The molecule has 2 rings (SSSR count). The maximum atomic E-state index is 13.0. The number of nitrogens with one attached hydrogen (secondary N) is 1. The fraction of sp³-hybridized carbons (Fsp3) is 0.0833. The molecule has 0 saturated carbocycles. The maximum Gasteiger partial charge on any atom is 0.278 e. The molecule has 0 aliphatic heterocycles. The molecule has 0 bridgehead atoms. The highest BCUT2D eigenvalue weighted by Crippen LogP contribution is 2.31. The second kappa shape index (κ2) is 5.83. The summed E-state index contributed by atoms with van der Waals surface area (Å²) >= 11 is 3.15. The van der Waals surface area contributed by atoms with Crippen LogP contribution in [0.15, 0.2) is 34.8 Å². The number of rotatable bonds is 4. The molecule has 0 fully saturated rings. The van der Waals surface area contributed by atoms with Crippen LogP contribution in [-0.4, -0.2) is 17.0 Å². The zero-order chi connectivity index (χ0) is 14.7. The number of aromatic nitrogens is 1. The van der Waals surface area contributed by atoms with Crippen LogP contribution in [0.4, 0.5) is 15.9 Å². The first-order valence-electron chi connectivity index (χ1n) is 5.46. The molecule has 20 heavy (non-hydrogen) atoms. The van der Waals surface area contributed by atoms with E-state index in [4.69, 9.17) is 4.74 Å². The summed E-state index contributed by atoms with van der Waals surface area (Å²) in [6.45, 7) is 0. The van der Waals surface area contributed by atoms with Gasteiger partial charge >= 0.3 is 0 Å². The van der Waals surface area contributed by atoms with Crippen molar-refractivity contribution in [2.75, 3.05) is 12.4 Å². The fourth-order valence-electron chi connectivity index (χ4n) is 1.45. The predicted octanol–water partition coefficient (Wildman–Crippen LogP) is 3.73. The van der Waals surface area contributed by atoms with Crippen LogP contribution in [0.1, 0.15) is 0 Å². The van der Waals surface area contributed by atoms with Gasteiger partial charge in [-0.2, -0.15) is 4.98 Å². The van der Waals surface area contributed by atoms with Gasteiger partial charge in [0, 0.05) is 7.05 Å². The molecule has 0 saturated heterocycles. The Morgan fingerprint density at radius 1 is 1.40 bits per heavy atom. The lowest BCUT2D eigenvalue weighted by Crippen LogP contribution is -1.98. The average Bonchev–Trinajstić information content (AvgIpc) is 2.41. The lowest BCUT2D eigenvalue weighted by Gasteiger charge is -2.08. The molecule has 2 aromatic rings. The summed E-state index contributed by atoms with van der Waals surface area (Å²) in [5, 5.41) is 13.5. The Balaban J connectivity index is 2.37. The van der Waals surface area contributed by atoms with E-state index in [0.717, 1.165) is 0 Å². The molecule has 0 amide bonds. The summed E-state index contributed by atoms with van der Waals surface area (Å²) in [5.41, 5.74) is -0.155. The number of nitrogens with zero attached hydrogens (tertiary/aromatic N) is 2. The van der Waals surface area contributed by atoms with Crippen molar-refractivity contribution in [2.24, 2.45) is 0 Å². The number of hydrogen-bond acceptors (Lipinski definition) is 5. The molecule has 6 nitrogen and oxygen atoms in total. The normalized spacial score (nSPS) is 10.2.